The second-order valence-corrected chi connectivity index (χ2v) is 4.56. The molecule has 3 heteroatoms. The van der Waals surface area contributed by atoms with Crippen LogP contribution in [-0.2, 0) is 4.79 Å². The average Bonchev–Trinajstić information content (AvgIpc) is 2.14. The van der Waals surface area contributed by atoms with Gasteiger partial charge in [0.25, 0.3) is 0 Å². The SMILES string of the molecule is CC1=CCN(C(=O)C2(N)CCC2)CC1. The van der Waals surface area contributed by atoms with Crippen LogP contribution < -0.4 is 5.73 Å². The first kappa shape index (κ1) is 9.71. The Morgan fingerprint density at radius 2 is 2.29 bits per heavy atom. The highest BCUT2D eigenvalue weighted by Gasteiger charge is 2.42. The number of nitrogens with zero attached hydrogens (tertiary/aromatic N) is 1. The highest BCUT2D eigenvalue weighted by atomic mass is 16.2. The van der Waals surface area contributed by atoms with Crippen molar-refractivity contribution in [2.24, 2.45) is 5.73 Å². The van der Waals surface area contributed by atoms with E-state index in [0.717, 1.165) is 38.8 Å². The summed E-state index contributed by atoms with van der Waals surface area (Å²) in [5.41, 5.74) is 6.87. The maximum absolute atomic E-state index is 12.0. The number of hydrogen-bond acceptors (Lipinski definition) is 2. The van der Waals surface area contributed by atoms with E-state index >= 15 is 0 Å². The monoisotopic (exact) mass is 194 g/mol. The molecule has 0 aromatic heterocycles. The highest BCUT2D eigenvalue weighted by Crippen LogP contribution is 2.31. The number of carbonyl (C=O) groups excluding carboxylic acids is 1. The van der Waals surface area contributed by atoms with Crippen molar-refractivity contribution in [2.45, 2.75) is 38.1 Å². The topological polar surface area (TPSA) is 46.3 Å². The van der Waals surface area contributed by atoms with Crippen LogP contribution in [0.4, 0.5) is 0 Å². The van der Waals surface area contributed by atoms with Crippen LogP contribution in [0.25, 0.3) is 0 Å². The zero-order chi connectivity index (χ0) is 10.2. The van der Waals surface area contributed by atoms with Crippen molar-refractivity contribution in [2.75, 3.05) is 13.1 Å². The van der Waals surface area contributed by atoms with Crippen molar-refractivity contribution in [3.05, 3.63) is 11.6 Å². The number of amides is 1. The van der Waals surface area contributed by atoms with E-state index in [4.69, 9.17) is 5.73 Å². The van der Waals surface area contributed by atoms with E-state index in [1.54, 1.807) is 0 Å². The van der Waals surface area contributed by atoms with Crippen molar-refractivity contribution in [3.63, 3.8) is 0 Å². The molecule has 0 bridgehead atoms. The van der Waals surface area contributed by atoms with Crippen LogP contribution in [0, 0.1) is 0 Å². The molecule has 0 atom stereocenters. The van der Waals surface area contributed by atoms with Gasteiger partial charge >= 0.3 is 0 Å². The molecule has 1 heterocycles. The highest BCUT2D eigenvalue weighted by molar-refractivity contribution is 5.87. The maximum Gasteiger partial charge on any atom is 0.242 e. The van der Waals surface area contributed by atoms with Gasteiger partial charge in [-0.25, -0.2) is 0 Å². The summed E-state index contributed by atoms with van der Waals surface area (Å²) in [5.74, 6) is 0.160. The predicted octanol–water partition coefficient (Wildman–Crippen LogP) is 1.05. The van der Waals surface area contributed by atoms with Gasteiger partial charge in [0.05, 0.1) is 5.54 Å². The van der Waals surface area contributed by atoms with Crippen molar-refractivity contribution in [1.29, 1.82) is 0 Å². The molecule has 2 aliphatic rings. The van der Waals surface area contributed by atoms with Crippen molar-refractivity contribution in [1.82, 2.24) is 4.90 Å². The van der Waals surface area contributed by atoms with Gasteiger partial charge < -0.3 is 10.6 Å². The second kappa shape index (κ2) is 3.39. The fraction of sp³-hybridized carbons (Fsp3) is 0.727. The van der Waals surface area contributed by atoms with Crippen LogP contribution in [0.3, 0.4) is 0 Å². The zero-order valence-electron chi connectivity index (χ0n) is 8.75. The summed E-state index contributed by atoms with van der Waals surface area (Å²) in [7, 11) is 0. The summed E-state index contributed by atoms with van der Waals surface area (Å²) in [4.78, 5) is 13.9. The third kappa shape index (κ3) is 1.57. The summed E-state index contributed by atoms with van der Waals surface area (Å²) in [6.45, 7) is 3.72. The summed E-state index contributed by atoms with van der Waals surface area (Å²) < 4.78 is 0. The molecule has 0 unspecified atom stereocenters. The molecule has 1 aliphatic heterocycles. The normalized spacial score (nSPS) is 25.3. The fourth-order valence-corrected chi connectivity index (χ4v) is 2.04. The zero-order valence-corrected chi connectivity index (χ0v) is 8.75. The van der Waals surface area contributed by atoms with Crippen LogP contribution in [0.1, 0.15) is 32.6 Å². The minimum Gasteiger partial charge on any atom is -0.337 e. The van der Waals surface area contributed by atoms with E-state index in [1.165, 1.54) is 5.57 Å². The lowest BCUT2D eigenvalue weighted by atomic mass is 9.76. The molecule has 0 radical (unpaired) electrons. The molecule has 3 nitrogen and oxygen atoms in total. The summed E-state index contributed by atoms with van der Waals surface area (Å²) in [6.07, 6.45) is 5.96. The van der Waals surface area contributed by atoms with Gasteiger partial charge in [-0.1, -0.05) is 11.6 Å². The quantitative estimate of drug-likeness (QED) is 0.634. The van der Waals surface area contributed by atoms with Gasteiger partial charge in [-0.3, -0.25) is 4.79 Å². The molecule has 1 fully saturated rings. The molecule has 0 spiro atoms. The van der Waals surface area contributed by atoms with Gasteiger partial charge in [-0.05, 0) is 32.6 Å². The van der Waals surface area contributed by atoms with E-state index in [2.05, 4.69) is 13.0 Å². The summed E-state index contributed by atoms with van der Waals surface area (Å²) in [5, 5.41) is 0. The number of hydrogen-bond donors (Lipinski definition) is 1. The Bertz CT molecular complexity index is 279. The summed E-state index contributed by atoms with van der Waals surface area (Å²) in [6, 6.07) is 0. The Morgan fingerprint density at radius 3 is 2.71 bits per heavy atom. The van der Waals surface area contributed by atoms with Crippen LogP contribution in [0.2, 0.25) is 0 Å². The molecule has 78 valence electrons. The largest absolute Gasteiger partial charge is 0.337 e. The molecule has 2 rings (SSSR count). The Balaban J connectivity index is 1.99. The minimum atomic E-state index is -0.515. The van der Waals surface area contributed by atoms with Crippen molar-refractivity contribution < 1.29 is 4.79 Å². The second-order valence-electron chi connectivity index (χ2n) is 4.56. The molecular weight excluding hydrogens is 176 g/mol. The molecule has 1 aliphatic carbocycles. The average molecular weight is 194 g/mol. The Kier molecular flexibility index (Phi) is 2.35. The summed E-state index contributed by atoms with van der Waals surface area (Å²) >= 11 is 0. The molecule has 2 N–H and O–H groups in total. The minimum absolute atomic E-state index is 0.160. The molecule has 14 heavy (non-hydrogen) atoms. The number of nitrogens with two attached hydrogens (primary N) is 1. The van der Waals surface area contributed by atoms with Crippen LogP contribution in [0.5, 0.6) is 0 Å². The lowest BCUT2D eigenvalue weighted by Gasteiger charge is -2.41. The molecule has 0 aromatic carbocycles. The predicted molar refractivity (Wildman–Crippen MR) is 55.7 cm³/mol. The van der Waals surface area contributed by atoms with Crippen molar-refractivity contribution >= 4 is 5.91 Å². The Hall–Kier alpha value is -0.830. The first-order chi connectivity index (χ1) is 6.62. The smallest absolute Gasteiger partial charge is 0.242 e. The van der Waals surface area contributed by atoms with Crippen LogP contribution in [0.15, 0.2) is 11.6 Å². The van der Waals surface area contributed by atoms with Crippen LogP contribution in [-0.4, -0.2) is 29.4 Å². The number of carbonyl (C=O) groups is 1. The van der Waals surface area contributed by atoms with E-state index in [-0.39, 0.29) is 5.91 Å². The molecular formula is C11H18N2O. The first-order valence-electron chi connectivity index (χ1n) is 5.36. The van der Waals surface area contributed by atoms with Gasteiger partial charge in [0.1, 0.15) is 0 Å². The van der Waals surface area contributed by atoms with Gasteiger partial charge in [-0.2, -0.15) is 0 Å². The Morgan fingerprint density at radius 1 is 1.57 bits per heavy atom. The van der Waals surface area contributed by atoms with E-state index in [9.17, 15) is 4.79 Å². The molecule has 1 saturated carbocycles. The fourth-order valence-electron chi connectivity index (χ4n) is 2.04. The standard InChI is InChI=1S/C11H18N2O/c1-9-3-7-13(8-4-9)10(14)11(12)5-2-6-11/h3H,2,4-8,12H2,1H3. The first-order valence-corrected chi connectivity index (χ1v) is 5.36. The lowest BCUT2D eigenvalue weighted by Crippen LogP contribution is -2.60. The molecule has 1 amide bonds. The van der Waals surface area contributed by atoms with Crippen LogP contribution >= 0.6 is 0 Å². The lowest BCUT2D eigenvalue weighted by molar-refractivity contribution is -0.139. The van der Waals surface area contributed by atoms with E-state index in [0.29, 0.717) is 0 Å². The van der Waals surface area contributed by atoms with Gasteiger partial charge in [0.2, 0.25) is 5.91 Å². The van der Waals surface area contributed by atoms with Gasteiger partial charge in [0.15, 0.2) is 0 Å². The maximum atomic E-state index is 12.0. The molecule has 0 aromatic rings. The molecule has 0 saturated heterocycles. The van der Waals surface area contributed by atoms with E-state index in [1.807, 2.05) is 4.90 Å². The number of rotatable bonds is 1. The third-order valence-electron chi connectivity index (χ3n) is 3.40. The van der Waals surface area contributed by atoms with Crippen molar-refractivity contribution in [3.8, 4) is 0 Å². The van der Waals surface area contributed by atoms with Gasteiger partial charge in [0, 0.05) is 13.1 Å². The van der Waals surface area contributed by atoms with E-state index < -0.39 is 5.54 Å². The van der Waals surface area contributed by atoms with Gasteiger partial charge in [-0.15, -0.1) is 0 Å². The third-order valence-corrected chi connectivity index (χ3v) is 3.40. The Labute approximate surface area is 84.9 Å².